The first-order valence-electron chi connectivity index (χ1n) is 13.0. The van der Waals surface area contributed by atoms with Gasteiger partial charge in [-0.25, -0.2) is 0 Å². The lowest BCUT2D eigenvalue weighted by atomic mass is 9.73. The Morgan fingerprint density at radius 3 is 2.58 bits per heavy atom. The van der Waals surface area contributed by atoms with Crippen molar-refractivity contribution in [3.63, 3.8) is 0 Å². The van der Waals surface area contributed by atoms with Crippen LogP contribution in [0.2, 0.25) is 0 Å². The van der Waals surface area contributed by atoms with Gasteiger partial charge in [-0.1, -0.05) is 26.0 Å². The smallest absolute Gasteiger partial charge is 0.385 e. The van der Waals surface area contributed by atoms with Gasteiger partial charge in [0.15, 0.2) is 0 Å². The lowest BCUT2D eigenvalue weighted by Gasteiger charge is -2.43. The van der Waals surface area contributed by atoms with Crippen LogP contribution < -0.4 is 5.32 Å². The summed E-state index contributed by atoms with van der Waals surface area (Å²) in [5.41, 5.74) is -2.37. The Balaban J connectivity index is 1.42. The molecule has 0 bridgehead atoms. The Bertz CT molecular complexity index is 917. The number of rotatable bonds is 6. The highest BCUT2D eigenvalue weighted by atomic mass is 19.4. The topological polar surface area (TPSA) is 71.0 Å². The van der Waals surface area contributed by atoms with Crippen LogP contribution >= 0.6 is 0 Å². The molecular weight excluding hydrogens is 473 g/mol. The molecule has 6 nitrogen and oxygen atoms in total. The molecule has 9 heteroatoms. The van der Waals surface area contributed by atoms with Gasteiger partial charge in [-0.3, -0.25) is 4.79 Å². The molecule has 1 saturated carbocycles. The molecular formula is C27H39F3N2O4. The lowest BCUT2D eigenvalue weighted by Crippen LogP contribution is -2.53. The van der Waals surface area contributed by atoms with Gasteiger partial charge in [-0.15, -0.1) is 0 Å². The number of likely N-dealkylation sites (tertiary alicyclic amines) is 1. The predicted octanol–water partition coefficient (Wildman–Crippen LogP) is 4.10. The van der Waals surface area contributed by atoms with E-state index in [-0.39, 0.29) is 48.4 Å². The molecule has 4 atom stereocenters. The zero-order chi connectivity index (χ0) is 26.1. The van der Waals surface area contributed by atoms with Gasteiger partial charge in [0.25, 0.3) is 0 Å². The molecule has 1 aromatic rings. The quantitative estimate of drug-likeness (QED) is 0.601. The maximum Gasteiger partial charge on any atom is 0.416 e. The van der Waals surface area contributed by atoms with Crippen LogP contribution in [0.5, 0.6) is 0 Å². The molecule has 2 unspecified atom stereocenters. The van der Waals surface area contributed by atoms with Crippen molar-refractivity contribution >= 4 is 5.91 Å². The van der Waals surface area contributed by atoms with E-state index in [1.807, 2.05) is 4.90 Å². The summed E-state index contributed by atoms with van der Waals surface area (Å²) >= 11 is 0. The minimum absolute atomic E-state index is 0.000813. The summed E-state index contributed by atoms with van der Waals surface area (Å²) in [5, 5.41) is 14.9. The number of amides is 1. The maximum atomic E-state index is 13.9. The van der Waals surface area contributed by atoms with Gasteiger partial charge in [0, 0.05) is 38.9 Å². The van der Waals surface area contributed by atoms with E-state index in [1.165, 1.54) is 6.07 Å². The van der Waals surface area contributed by atoms with Crippen LogP contribution in [-0.2, 0) is 26.0 Å². The van der Waals surface area contributed by atoms with Gasteiger partial charge < -0.3 is 24.8 Å². The lowest BCUT2D eigenvalue weighted by molar-refractivity contribution is -0.149. The van der Waals surface area contributed by atoms with Crippen molar-refractivity contribution in [1.82, 2.24) is 10.2 Å². The number of ether oxygens (including phenoxy) is 2. The second-order valence-corrected chi connectivity index (χ2v) is 11.1. The number of piperidine rings is 1. The molecule has 0 spiro atoms. The van der Waals surface area contributed by atoms with Crippen LogP contribution in [0.25, 0.3) is 0 Å². The van der Waals surface area contributed by atoms with Crippen LogP contribution in [0.4, 0.5) is 13.2 Å². The summed E-state index contributed by atoms with van der Waals surface area (Å²) in [4.78, 5) is 15.7. The standard InChI is InChI=1S/C27H39F3N2O4/c1-18(2)25(9-7-21(16-25)31-22-8-14-36-17-23(22)35-3)24(33)32-12-10-26(34,11-13-32)19-5-4-6-20(15-19)27(28,29)30/h4-6,15,18,21-23,31,34H,7-14,16-17H2,1-3H3/t21-,22?,23-,25?/m1/s1. The van der Waals surface area contributed by atoms with E-state index < -0.39 is 22.8 Å². The highest BCUT2D eigenvalue weighted by molar-refractivity contribution is 5.83. The molecule has 3 fully saturated rings. The molecule has 2 heterocycles. The number of carbonyl (C=O) groups is 1. The molecule has 0 aromatic heterocycles. The molecule has 3 aliphatic rings. The molecule has 36 heavy (non-hydrogen) atoms. The first-order valence-corrected chi connectivity index (χ1v) is 13.0. The van der Waals surface area contributed by atoms with Crippen molar-refractivity contribution in [1.29, 1.82) is 0 Å². The van der Waals surface area contributed by atoms with Crippen LogP contribution in [0.3, 0.4) is 0 Å². The SMILES string of the molecule is CO[C@@H]1COCCC1N[C@@H]1CCC(C(=O)N2CCC(O)(c3cccc(C(F)(F)F)c3)CC2)(C(C)C)C1. The molecule has 1 aromatic carbocycles. The Hall–Kier alpha value is -1.68. The number of alkyl halides is 3. The van der Waals surface area contributed by atoms with E-state index in [0.29, 0.717) is 26.3 Å². The van der Waals surface area contributed by atoms with Gasteiger partial charge >= 0.3 is 6.18 Å². The molecule has 0 radical (unpaired) electrons. The number of hydrogen-bond donors (Lipinski definition) is 2. The minimum atomic E-state index is -4.46. The number of nitrogens with one attached hydrogen (secondary N) is 1. The summed E-state index contributed by atoms with van der Waals surface area (Å²) in [5.74, 6) is 0.247. The van der Waals surface area contributed by atoms with E-state index in [2.05, 4.69) is 19.2 Å². The third-order valence-electron chi connectivity index (χ3n) is 8.74. The van der Waals surface area contributed by atoms with Crippen molar-refractivity contribution in [2.24, 2.45) is 11.3 Å². The van der Waals surface area contributed by atoms with Gasteiger partial charge in [0.1, 0.15) is 0 Å². The number of hydrogen-bond acceptors (Lipinski definition) is 5. The van der Waals surface area contributed by atoms with Crippen molar-refractivity contribution in [3.05, 3.63) is 35.4 Å². The van der Waals surface area contributed by atoms with E-state index in [0.717, 1.165) is 37.8 Å². The summed E-state index contributed by atoms with van der Waals surface area (Å²) in [6.45, 7) is 6.09. The van der Waals surface area contributed by atoms with Gasteiger partial charge in [0.05, 0.1) is 29.3 Å². The summed E-state index contributed by atoms with van der Waals surface area (Å²) in [6.07, 6.45) is -0.729. The maximum absolute atomic E-state index is 13.9. The van der Waals surface area contributed by atoms with Crippen LogP contribution in [0.1, 0.15) is 63.5 Å². The van der Waals surface area contributed by atoms with Crippen molar-refractivity contribution in [3.8, 4) is 0 Å². The normalized spacial score (nSPS) is 31.1. The number of carbonyl (C=O) groups excluding carboxylic acids is 1. The fourth-order valence-electron chi connectivity index (χ4n) is 6.29. The molecule has 2 saturated heterocycles. The second kappa shape index (κ2) is 10.6. The van der Waals surface area contributed by atoms with E-state index in [1.54, 1.807) is 13.2 Å². The molecule has 1 aliphatic carbocycles. The molecule has 2 aliphatic heterocycles. The number of benzene rings is 1. The Labute approximate surface area is 211 Å². The second-order valence-electron chi connectivity index (χ2n) is 11.1. The van der Waals surface area contributed by atoms with Gasteiger partial charge in [0.2, 0.25) is 5.91 Å². The summed E-state index contributed by atoms with van der Waals surface area (Å²) in [7, 11) is 1.70. The monoisotopic (exact) mass is 512 g/mol. The first-order chi connectivity index (χ1) is 17.0. The summed E-state index contributed by atoms with van der Waals surface area (Å²) in [6, 6.07) is 5.33. The number of halogens is 3. The summed E-state index contributed by atoms with van der Waals surface area (Å²) < 4.78 is 50.7. The van der Waals surface area contributed by atoms with E-state index in [9.17, 15) is 23.1 Å². The average Bonchev–Trinajstić information content (AvgIpc) is 3.29. The zero-order valence-electron chi connectivity index (χ0n) is 21.4. The largest absolute Gasteiger partial charge is 0.416 e. The fourth-order valence-corrected chi connectivity index (χ4v) is 6.29. The third kappa shape index (κ3) is 5.44. The van der Waals surface area contributed by atoms with E-state index >= 15 is 0 Å². The highest BCUT2D eigenvalue weighted by Crippen LogP contribution is 2.47. The molecule has 202 valence electrons. The minimum Gasteiger partial charge on any atom is -0.385 e. The fraction of sp³-hybridized carbons (Fsp3) is 0.741. The van der Waals surface area contributed by atoms with Crippen LogP contribution in [-0.4, -0.2) is 67.5 Å². The van der Waals surface area contributed by atoms with Crippen molar-refractivity contribution in [2.75, 3.05) is 33.4 Å². The average molecular weight is 513 g/mol. The zero-order valence-corrected chi connectivity index (χ0v) is 21.4. The molecule has 4 rings (SSSR count). The van der Waals surface area contributed by atoms with Crippen LogP contribution in [0.15, 0.2) is 24.3 Å². The Morgan fingerprint density at radius 1 is 1.22 bits per heavy atom. The van der Waals surface area contributed by atoms with Crippen molar-refractivity contribution < 1.29 is 32.5 Å². The third-order valence-corrected chi connectivity index (χ3v) is 8.74. The number of nitrogens with zero attached hydrogens (tertiary/aromatic N) is 1. The van der Waals surface area contributed by atoms with Crippen LogP contribution in [0, 0.1) is 11.3 Å². The molecule has 1 amide bonds. The Kier molecular flexibility index (Phi) is 8.05. The number of methoxy groups -OCH3 is 1. The van der Waals surface area contributed by atoms with Gasteiger partial charge in [-0.05, 0) is 62.1 Å². The first kappa shape index (κ1) is 27.4. The highest BCUT2D eigenvalue weighted by Gasteiger charge is 2.51. The van der Waals surface area contributed by atoms with Crippen molar-refractivity contribution in [2.45, 2.75) is 82.3 Å². The number of aliphatic hydroxyl groups is 1. The van der Waals surface area contributed by atoms with Gasteiger partial charge in [-0.2, -0.15) is 13.2 Å². The predicted molar refractivity (Wildman–Crippen MR) is 129 cm³/mol. The van der Waals surface area contributed by atoms with E-state index in [4.69, 9.17) is 9.47 Å². The Morgan fingerprint density at radius 2 is 1.94 bits per heavy atom. The molecule has 2 N–H and O–H groups in total.